The van der Waals surface area contributed by atoms with Gasteiger partial charge in [-0.25, -0.2) is 0 Å². The SMILES string of the molecule is CCCCNC(=O)C(CC)N(Cc1c(Cl)cccc1Cl)C(=O)CCSc1ccc(C)cc1. The van der Waals surface area contributed by atoms with Gasteiger partial charge in [0.2, 0.25) is 11.8 Å². The Morgan fingerprint density at radius 2 is 1.72 bits per heavy atom. The van der Waals surface area contributed by atoms with Gasteiger partial charge in [-0.2, -0.15) is 0 Å². The molecule has 7 heteroatoms. The highest BCUT2D eigenvalue weighted by Gasteiger charge is 2.29. The Morgan fingerprint density at radius 1 is 1.06 bits per heavy atom. The van der Waals surface area contributed by atoms with E-state index in [-0.39, 0.29) is 18.4 Å². The van der Waals surface area contributed by atoms with Crippen LogP contribution in [-0.4, -0.2) is 35.1 Å². The molecule has 0 saturated carbocycles. The lowest BCUT2D eigenvalue weighted by molar-refractivity contribution is -0.141. The number of hydrogen-bond acceptors (Lipinski definition) is 3. The molecule has 2 aromatic rings. The van der Waals surface area contributed by atoms with Gasteiger partial charge in [0.15, 0.2) is 0 Å². The quantitative estimate of drug-likeness (QED) is 0.270. The smallest absolute Gasteiger partial charge is 0.242 e. The third-order valence-corrected chi connectivity index (χ3v) is 6.93. The summed E-state index contributed by atoms with van der Waals surface area (Å²) in [6.07, 6.45) is 2.72. The van der Waals surface area contributed by atoms with Gasteiger partial charge in [-0.1, -0.05) is 67.2 Å². The fourth-order valence-electron chi connectivity index (χ4n) is 3.31. The number of benzene rings is 2. The molecular weight excluding hydrogens is 463 g/mol. The number of nitrogens with one attached hydrogen (secondary N) is 1. The monoisotopic (exact) mass is 494 g/mol. The number of rotatable bonds is 12. The number of nitrogens with zero attached hydrogens (tertiary/aromatic N) is 1. The predicted molar refractivity (Wildman–Crippen MR) is 136 cm³/mol. The molecule has 0 aliphatic rings. The van der Waals surface area contributed by atoms with E-state index in [1.54, 1.807) is 34.9 Å². The van der Waals surface area contributed by atoms with Gasteiger partial charge in [0.25, 0.3) is 0 Å². The Morgan fingerprint density at radius 3 is 2.31 bits per heavy atom. The third-order valence-electron chi connectivity index (χ3n) is 5.21. The molecule has 1 N–H and O–H groups in total. The first kappa shape index (κ1) is 26.6. The zero-order valence-electron chi connectivity index (χ0n) is 19.0. The molecule has 0 fully saturated rings. The molecule has 2 rings (SSSR count). The van der Waals surface area contributed by atoms with Crippen molar-refractivity contribution in [2.45, 2.75) is 63.9 Å². The fraction of sp³-hybridized carbons (Fsp3) is 0.440. The summed E-state index contributed by atoms with van der Waals surface area (Å²) in [4.78, 5) is 28.9. The van der Waals surface area contributed by atoms with Gasteiger partial charge in [-0.05, 0) is 44.0 Å². The molecule has 0 saturated heterocycles. The van der Waals surface area contributed by atoms with E-state index < -0.39 is 6.04 Å². The number of aryl methyl sites for hydroxylation is 1. The van der Waals surface area contributed by atoms with Crippen LogP contribution in [0.25, 0.3) is 0 Å². The number of thioether (sulfide) groups is 1. The lowest BCUT2D eigenvalue weighted by Crippen LogP contribution is -2.49. The van der Waals surface area contributed by atoms with E-state index in [0.717, 1.165) is 17.7 Å². The van der Waals surface area contributed by atoms with Crippen LogP contribution in [-0.2, 0) is 16.1 Å². The highest BCUT2D eigenvalue weighted by Crippen LogP contribution is 2.28. The number of unbranched alkanes of at least 4 members (excludes halogenated alkanes) is 1. The molecule has 2 amide bonds. The largest absolute Gasteiger partial charge is 0.354 e. The van der Waals surface area contributed by atoms with Crippen LogP contribution in [0.5, 0.6) is 0 Å². The molecule has 1 unspecified atom stereocenters. The summed E-state index contributed by atoms with van der Waals surface area (Å²) in [5, 5.41) is 3.95. The second-order valence-electron chi connectivity index (χ2n) is 7.70. The van der Waals surface area contributed by atoms with Crippen molar-refractivity contribution < 1.29 is 9.59 Å². The van der Waals surface area contributed by atoms with Crippen LogP contribution in [0, 0.1) is 6.92 Å². The zero-order valence-corrected chi connectivity index (χ0v) is 21.3. The van der Waals surface area contributed by atoms with Crippen molar-refractivity contribution in [2.24, 2.45) is 0 Å². The number of amides is 2. The van der Waals surface area contributed by atoms with Crippen LogP contribution < -0.4 is 5.32 Å². The summed E-state index contributed by atoms with van der Waals surface area (Å²) in [6, 6.07) is 12.9. The molecule has 0 radical (unpaired) electrons. The van der Waals surface area contributed by atoms with Crippen molar-refractivity contribution >= 4 is 46.8 Å². The topological polar surface area (TPSA) is 49.4 Å². The van der Waals surface area contributed by atoms with Crippen LogP contribution in [0.15, 0.2) is 47.4 Å². The van der Waals surface area contributed by atoms with E-state index in [4.69, 9.17) is 23.2 Å². The normalized spacial score (nSPS) is 11.8. The van der Waals surface area contributed by atoms with E-state index in [1.807, 2.05) is 13.8 Å². The van der Waals surface area contributed by atoms with Crippen molar-refractivity contribution in [3.63, 3.8) is 0 Å². The number of carbonyl (C=O) groups is 2. The molecule has 0 aromatic heterocycles. The summed E-state index contributed by atoms with van der Waals surface area (Å²) in [5.41, 5.74) is 1.86. The van der Waals surface area contributed by atoms with E-state index in [9.17, 15) is 9.59 Å². The summed E-state index contributed by atoms with van der Waals surface area (Å²) >= 11 is 14.4. The van der Waals surface area contributed by atoms with Crippen molar-refractivity contribution in [1.82, 2.24) is 10.2 Å². The van der Waals surface area contributed by atoms with Crippen molar-refractivity contribution in [2.75, 3.05) is 12.3 Å². The third kappa shape index (κ3) is 8.02. The average molecular weight is 496 g/mol. The van der Waals surface area contributed by atoms with Crippen LogP contribution >= 0.6 is 35.0 Å². The maximum Gasteiger partial charge on any atom is 0.242 e. The Bertz CT molecular complexity index is 870. The minimum Gasteiger partial charge on any atom is -0.354 e. The molecular formula is C25H32Cl2N2O2S. The van der Waals surface area contributed by atoms with Gasteiger partial charge in [0.05, 0.1) is 0 Å². The lowest BCUT2D eigenvalue weighted by Gasteiger charge is -2.31. The van der Waals surface area contributed by atoms with Crippen molar-refractivity contribution in [3.8, 4) is 0 Å². The Hall–Kier alpha value is -1.69. The lowest BCUT2D eigenvalue weighted by atomic mass is 10.1. The Balaban J connectivity index is 2.16. The first-order valence-electron chi connectivity index (χ1n) is 11.1. The maximum atomic E-state index is 13.3. The van der Waals surface area contributed by atoms with Crippen LogP contribution in [0.3, 0.4) is 0 Å². The molecule has 0 aliphatic heterocycles. The van der Waals surface area contributed by atoms with Crippen molar-refractivity contribution in [1.29, 1.82) is 0 Å². The summed E-state index contributed by atoms with van der Waals surface area (Å²) in [7, 11) is 0. The minimum absolute atomic E-state index is 0.0851. The highest BCUT2D eigenvalue weighted by molar-refractivity contribution is 7.99. The van der Waals surface area contributed by atoms with E-state index in [0.29, 0.717) is 40.7 Å². The summed E-state index contributed by atoms with van der Waals surface area (Å²) in [6.45, 7) is 6.84. The number of hydrogen-bond donors (Lipinski definition) is 1. The van der Waals surface area contributed by atoms with Gasteiger partial charge in [-0.15, -0.1) is 11.8 Å². The molecule has 32 heavy (non-hydrogen) atoms. The van der Waals surface area contributed by atoms with E-state index in [2.05, 4.69) is 36.5 Å². The average Bonchev–Trinajstić information content (AvgIpc) is 2.77. The van der Waals surface area contributed by atoms with Crippen LogP contribution in [0.2, 0.25) is 10.0 Å². The molecule has 4 nitrogen and oxygen atoms in total. The van der Waals surface area contributed by atoms with Gasteiger partial charge >= 0.3 is 0 Å². The summed E-state index contributed by atoms with van der Waals surface area (Å²) in [5.74, 6) is 0.407. The molecule has 1 atom stereocenters. The Labute approximate surface area is 206 Å². The standard InChI is InChI=1S/C25H32Cl2N2O2S/c1-4-6-15-28-25(31)23(5-2)29(17-20-21(26)8-7-9-22(20)27)24(30)14-16-32-19-12-10-18(3)11-13-19/h7-13,23H,4-6,14-17H2,1-3H3,(H,28,31). The van der Waals surface area contributed by atoms with Crippen LogP contribution in [0.4, 0.5) is 0 Å². The first-order valence-corrected chi connectivity index (χ1v) is 12.8. The van der Waals surface area contributed by atoms with Gasteiger partial charge in [0.1, 0.15) is 6.04 Å². The second kappa shape index (κ2) is 13.8. The summed E-state index contributed by atoms with van der Waals surface area (Å²) < 4.78 is 0. The second-order valence-corrected chi connectivity index (χ2v) is 9.68. The molecule has 0 bridgehead atoms. The molecule has 0 spiro atoms. The fourth-order valence-corrected chi connectivity index (χ4v) is 4.67. The van der Waals surface area contributed by atoms with Gasteiger partial charge in [0, 0.05) is 45.8 Å². The predicted octanol–water partition coefficient (Wildman–Crippen LogP) is 6.51. The van der Waals surface area contributed by atoms with Crippen LogP contribution in [0.1, 0.15) is 50.7 Å². The number of carbonyl (C=O) groups excluding carboxylic acids is 2. The minimum atomic E-state index is -0.573. The highest BCUT2D eigenvalue weighted by atomic mass is 35.5. The van der Waals surface area contributed by atoms with Crippen molar-refractivity contribution in [3.05, 3.63) is 63.6 Å². The van der Waals surface area contributed by atoms with Gasteiger partial charge < -0.3 is 10.2 Å². The first-order chi connectivity index (χ1) is 15.4. The van der Waals surface area contributed by atoms with E-state index >= 15 is 0 Å². The molecule has 2 aromatic carbocycles. The van der Waals surface area contributed by atoms with Gasteiger partial charge in [-0.3, -0.25) is 9.59 Å². The zero-order chi connectivity index (χ0) is 23.5. The molecule has 0 heterocycles. The molecule has 174 valence electrons. The molecule has 0 aliphatic carbocycles. The maximum absolute atomic E-state index is 13.3. The Kier molecular flexibility index (Phi) is 11.4. The number of halogens is 2. The van der Waals surface area contributed by atoms with E-state index in [1.165, 1.54) is 5.56 Å².